The molecule has 3 aliphatic rings. The van der Waals surface area contributed by atoms with Crippen molar-refractivity contribution in [3.8, 4) is 0 Å². The van der Waals surface area contributed by atoms with Crippen molar-refractivity contribution in [1.29, 1.82) is 0 Å². The topological polar surface area (TPSA) is 57.7 Å². The molecule has 1 aliphatic heterocycles. The zero-order chi connectivity index (χ0) is 18.3. The standard InChI is InChI=1S/C21H26N2O3/c1-22(18-11-10-14-6-2-3-7-15(14)18)19(24)12-13-23-20(25)16-8-4-5-9-17(16)21(23)26/h2-3,6-7,16-18H,4-5,8-13H2,1H3. The monoisotopic (exact) mass is 354 g/mol. The Morgan fingerprint density at radius 3 is 2.42 bits per heavy atom. The van der Waals surface area contributed by atoms with Gasteiger partial charge in [-0.1, -0.05) is 37.1 Å². The number of rotatable bonds is 4. The van der Waals surface area contributed by atoms with Crippen molar-refractivity contribution in [3.05, 3.63) is 35.4 Å². The van der Waals surface area contributed by atoms with Gasteiger partial charge in [0.2, 0.25) is 17.7 Å². The van der Waals surface area contributed by atoms with E-state index in [1.165, 1.54) is 16.0 Å². The van der Waals surface area contributed by atoms with Crippen LogP contribution >= 0.6 is 0 Å². The van der Waals surface area contributed by atoms with E-state index in [9.17, 15) is 14.4 Å². The molecule has 1 saturated carbocycles. The Kier molecular flexibility index (Phi) is 4.55. The molecule has 0 aromatic heterocycles. The Balaban J connectivity index is 1.38. The second kappa shape index (κ2) is 6.86. The number of hydrogen-bond acceptors (Lipinski definition) is 3. The Morgan fingerprint density at radius 1 is 1.08 bits per heavy atom. The second-order valence-electron chi connectivity index (χ2n) is 7.83. The molecule has 5 heteroatoms. The smallest absolute Gasteiger partial charge is 0.233 e. The highest BCUT2D eigenvalue weighted by molar-refractivity contribution is 6.05. The molecular weight excluding hydrogens is 328 g/mol. The van der Waals surface area contributed by atoms with Crippen molar-refractivity contribution >= 4 is 17.7 Å². The molecule has 0 radical (unpaired) electrons. The van der Waals surface area contributed by atoms with Gasteiger partial charge >= 0.3 is 0 Å². The summed E-state index contributed by atoms with van der Waals surface area (Å²) in [5, 5.41) is 0. The molecule has 5 nitrogen and oxygen atoms in total. The molecule has 1 saturated heterocycles. The van der Waals surface area contributed by atoms with Crippen molar-refractivity contribution in [2.75, 3.05) is 13.6 Å². The third kappa shape index (κ3) is 2.83. The lowest BCUT2D eigenvalue weighted by Gasteiger charge is -2.26. The summed E-state index contributed by atoms with van der Waals surface area (Å²) in [6, 6.07) is 8.36. The van der Waals surface area contributed by atoms with Gasteiger partial charge in [0, 0.05) is 20.0 Å². The molecule has 1 heterocycles. The molecule has 26 heavy (non-hydrogen) atoms. The van der Waals surface area contributed by atoms with Gasteiger partial charge in [-0.3, -0.25) is 19.3 Å². The Morgan fingerprint density at radius 2 is 1.73 bits per heavy atom. The maximum atomic E-state index is 12.7. The maximum absolute atomic E-state index is 12.7. The highest BCUT2D eigenvalue weighted by Gasteiger charge is 2.47. The lowest BCUT2D eigenvalue weighted by Crippen LogP contribution is -2.37. The molecule has 138 valence electrons. The molecule has 2 aliphatic carbocycles. The van der Waals surface area contributed by atoms with Crippen LogP contribution in [0.25, 0.3) is 0 Å². The lowest BCUT2D eigenvalue weighted by atomic mass is 9.81. The Hall–Kier alpha value is -2.17. The minimum absolute atomic E-state index is 0.00201. The number of imide groups is 1. The average Bonchev–Trinajstić information content (AvgIpc) is 3.20. The molecule has 3 amide bonds. The zero-order valence-electron chi connectivity index (χ0n) is 15.3. The predicted molar refractivity (Wildman–Crippen MR) is 97.1 cm³/mol. The van der Waals surface area contributed by atoms with Crippen molar-refractivity contribution in [2.45, 2.75) is 51.0 Å². The summed E-state index contributed by atoms with van der Waals surface area (Å²) in [7, 11) is 1.84. The second-order valence-corrected chi connectivity index (χ2v) is 7.83. The predicted octanol–water partition coefficient (Wildman–Crippen LogP) is 2.70. The van der Waals surface area contributed by atoms with E-state index in [4.69, 9.17) is 0 Å². The van der Waals surface area contributed by atoms with Gasteiger partial charge in [0.25, 0.3) is 0 Å². The van der Waals surface area contributed by atoms with E-state index in [2.05, 4.69) is 12.1 Å². The highest BCUT2D eigenvalue weighted by atomic mass is 16.2. The van der Waals surface area contributed by atoms with Gasteiger partial charge in [0.15, 0.2) is 0 Å². The van der Waals surface area contributed by atoms with Gasteiger partial charge in [0.05, 0.1) is 17.9 Å². The number of carbonyl (C=O) groups excluding carboxylic acids is 3. The number of carbonyl (C=O) groups is 3. The summed E-state index contributed by atoms with van der Waals surface area (Å²) in [6.07, 6.45) is 5.83. The van der Waals surface area contributed by atoms with E-state index in [1.807, 2.05) is 19.2 Å². The number of benzene rings is 1. The first kappa shape index (κ1) is 17.3. The fourth-order valence-electron chi connectivity index (χ4n) is 4.95. The van der Waals surface area contributed by atoms with Gasteiger partial charge in [0.1, 0.15) is 0 Å². The third-order valence-corrected chi connectivity index (χ3v) is 6.44. The van der Waals surface area contributed by atoms with Crippen molar-refractivity contribution in [3.63, 3.8) is 0 Å². The van der Waals surface area contributed by atoms with Gasteiger partial charge in [-0.15, -0.1) is 0 Å². The summed E-state index contributed by atoms with van der Waals surface area (Å²) < 4.78 is 0. The number of nitrogens with zero attached hydrogens (tertiary/aromatic N) is 2. The minimum atomic E-state index is -0.134. The van der Waals surface area contributed by atoms with Crippen LogP contribution in [-0.4, -0.2) is 41.1 Å². The Bertz CT molecular complexity index is 721. The fourth-order valence-corrected chi connectivity index (χ4v) is 4.95. The van der Waals surface area contributed by atoms with E-state index in [0.717, 1.165) is 38.5 Å². The van der Waals surface area contributed by atoms with Crippen LogP contribution in [0.2, 0.25) is 0 Å². The zero-order valence-corrected chi connectivity index (χ0v) is 15.3. The van der Waals surface area contributed by atoms with Gasteiger partial charge in [-0.25, -0.2) is 0 Å². The molecule has 0 spiro atoms. The lowest BCUT2D eigenvalue weighted by molar-refractivity contribution is -0.141. The summed E-state index contributed by atoms with van der Waals surface area (Å²) in [4.78, 5) is 40.9. The number of likely N-dealkylation sites (tertiary alicyclic amines) is 1. The first-order valence-electron chi connectivity index (χ1n) is 9.76. The van der Waals surface area contributed by atoms with Crippen LogP contribution in [0.5, 0.6) is 0 Å². The normalized spacial score (nSPS) is 27.4. The van der Waals surface area contributed by atoms with Crippen molar-refractivity contribution in [1.82, 2.24) is 9.80 Å². The molecule has 2 fully saturated rings. The SMILES string of the molecule is CN(C(=O)CCN1C(=O)C2CCCCC2C1=O)C1CCc2ccccc21. The van der Waals surface area contributed by atoms with E-state index in [1.54, 1.807) is 4.90 Å². The molecule has 0 bridgehead atoms. The van der Waals surface area contributed by atoms with Gasteiger partial charge in [-0.05, 0) is 36.8 Å². The Labute approximate surface area is 154 Å². The first-order valence-corrected chi connectivity index (χ1v) is 9.76. The van der Waals surface area contributed by atoms with E-state index < -0.39 is 0 Å². The number of fused-ring (bicyclic) bond motifs is 2. The largest absolute Gasteiger partial charge is 0.339 e. The van der Waals surface area contributed by atoms with Crippen LogP contribution in [0.3, 0.4) is 0 Å². The molecule has 1 aromatic carbocycles. The van der Waals surface area contributed by atoms with Crippen LogP contribution in [0.15, 0.2) is 24.3 Å². The molecule has 0 N–H and O–H groups in total. The van der Waals surface area contributed by atoms with Crippen molar-refractivity contribution in [2.24, 2.45) is 11.8 Å². The van der Waals surface area contributed by atoms with Crippen LogP contribution in [0.4, 0.5) is 0 Å². The quantitative estimate of drug-likeness (QED) is 0.781. The maximum Gasteiger partial charge on any atom is 0.233 e. The van der Waals surface area contributed by atoms with Crippen LogP contribution < -0.4 is 0 Å². The fraction of sp³-hybridized carbons (Fsp3) is 0.571. The first-order chi connectivity index (χ1) is 12.6. The van der Waals surface area contributed by atoms with E-state index >= 15 is 0 Å². The minimum Gasteiger partial charge on any atom is -0.339 e. The summed E-state index contributed by atoms with van der Waals surface area (Å²) in [5.74, 6) is -0.374. The summed E-state index contributed by atoms with van der Waals surface area (Å²) >= 11 is 0. The number of amides is 3. The molecule has 4 rings (SSSR count). The third-order valence-electron chi connectivity index (χ3n) is 6.44. The number of hydrogen-bond donors (Lipinski definition) is 0. The molecule has 3 atom stereocenters. The van der Waals surface area contributed by atoms with Crippen LogP contribution in [0, 0.1) is 11.8 Å². The summed E-state index contributed by atoms with van der Waals surface area (Å²) in [5.41, 5.74) is 2.54. The molecule has 3 unspecified atom stereocenters. The van der Waals surface area contributed by atoms with Gasteiger partial charge in [-0.2, -0.15) is 0 Å². The van der Waals surface area contributed by atoms with E-state index in [0.29, 0.717) is 0 Å². The average molecular weight is 354 g/mol. The molecular formula is C21H26N2O3. The van der Waals surface area contributed by atoms with Gasteiger partial charge < -0.3 is 4.90 Å². The number of aryl methyl sites for hydroxylation is 1. The van der Waals surface area contributed by atoms with E-state index in [-0.39, 0.29) is 48.6 Å². The van der Waals surface area contributed by atoms with Crippen LogP contribution in [-0.2, 0) is 20.8 Å². The highest BCUT2D eigenvalue weighted by Crippen LogP contribution is 2.38. The van der Waals surface area contributed by atoms with Crippen molar-refractivity contribution < 1.29 is 14.4 Å². The van der Waals surface area contributed by atoms with Crippen LogP contribution in [0.1, 0.15) is 55.7 Å². The summed E-state index contributed by atoms with van der Waals surface area (Å²) in [6.45, 7) is 0.224. The molecule has 1 aromatic rings.